The van der Waals surface area contributed by atoms with Crippen LogP contribution in [0.4, 0.5) is 0 Å². The number of unbranched alkanes of at least 4 members (excludes halogenated alkanes) is 3. The van der Waals surface area contributed by atoms with Gasteiger partial charge < -0.3 is 10.2 Å². The summed E-state index contributed by atoms with van der Waals surface area (Å²) in [6, 6.07) is 1.49. The van der Waals surface area contributed by atoms with E-state index in [9.17, 15) is 8.42 Å². The molecule has 1 aromatic rings. The van der Waals surface area contributed by atoms with Crippen molar-refractivity contribution in [1.29, 1.82) is 0 Å². The Morgan fingerprint density at radius 3 is 2.61 bits per heavy atom. The number of nitrogens with two attached hydrogens (primary N) is 1. The monoisotopic (exact) mass is 274 g/mol. The molecule has 0 bridgehead atoms. The minimum absolute atomic E-state index is 0.193. The van der Waals surface area contributed by atoms with Gasteiger partial charge in [0.2, 0.25) is 10.0 Å². The van der Waals surface area contributed by atoms with E-state index in [-0.39, 0.29) is 11.4 Å². The molecule has 6 heteroatoms. The first kappa shape index (κ1) is 15.2. The molecule has 5 nitrogen and oxygen atoms in total. The van der Waals surface area contributed by atoms with Crippen LogP contribution >= 0.6 is 0 Å². The van der Waals surface area contributed by atoms with E-state index in [0.717, 1.165) is 25.7 Å². The molecule has 0 aliphatic rings. The summed E-state index contributed by atoms with van der Waals surface area (Å²) in [5, 5.41) is 0. The molecule has 1 heterocycles. The van der Waals surface area contributed by atoms with E-state index in [0.29, 0.717) is 18.1 Å². The van der Waals surface area contributed by atoms with E-state index in [1.165, 1.54) is 6.07 Å². The van der Waals surface area contributed by atoms with Crippen LogP contribution in [-0.2, 0) is 16.6 Å². The topological polar surface area (TPSA) is 85.3 Å². The van der Waals surface area contributed by atoms with E-state index in [4.69, 9.17) is 10.2 Å². The SMILES string of the molecule is CCCCCCNS(=O)(=O)c1cc(CN)oc1C. The summed E-state index contributed by atoms with van der Waals surface area (Å²) in [5.74, 6) is 0.871. The van der Waals surface area contributed by atoms with Crippen LogP contribution in [0.3, 0.4) is 0 Å². The molecule has 0 aromatic carbocycles. The highest BCUT2D eigenvalue weighted by molar-refractivity contribution is 7.89. The van der Waals surface area contributed by atoms with Crippen molar-refractivity contribution in [3.63, 3.8) is 0 Å². The lowest BCUT2D eigenvalue weighted by Gasteiger charge is -2.05. The molecule has 18 heavy (non-hydrogen) atoms. The van der Waals surface area contributed by atoms with Crippen molar-refractivity contribution >= 4 is 10.0 Å². The third-order valence-electron chi connectivity index (χ3n) is 2.74. The second-order valence-corrected chi connectivity index (χ2v) is 6.03. The van der Waals surface area contributed by atoms with Gasteiger partial charge in [0.1, 0.15) is 16.4 Å². The molecule has 0 amide bonds. The Balaban J connectivity index is 2.60. The minimum atomic E-state index is -3.47. The van der Waals surface area contributed by atoms with Gasteiger partial charge in [0.15, 0.2) is 0 Å². The Morgan fingerprint density at radius 1 is 1.33 bits per heavy atom. The summed E-state index contributed by atoms with van der Waals surface area (Å²) in [6.07, 6.45) is 4.16. The lowest BCUT2D eigenvalue weighted by atomic mass is 10.2. The van der Waals surface area contributed by atoms with Crippen molar-refractivity contribution in [2.75, 3.05) is 6.54 Å². The molecular formula is C12H22N2O3S. The number of hydrogen-bond acceptors (Lipinski definition) is 4. The first-order valence-corrected chi connectivity index (χ1v) is 7.78. The molecule has 3 N–H and O–H groups in total. The highest BCUT2D eigenvalue weighted by Gasteiger charge is 2.20. The van der Waals surface area contributed by atoms with Crippen molar-refractivity contribution in [2.45, 2.75) is 51.0 Å². The van der Waals surface area contributed by atoms with Crippen LogP contribution in [0.5, 0.6) is 0 Å². The second kappa shape index (κ2) is 6.92. The normalized spacial score (nSPS) is 11.9. The molecule has 0 aliphatic heterocycles. The summed E-state index contributed by atoms with van der Waals surface area (Å²) in [7, 11) is -3.47. The van der Waals surface area contributed by atoms with Crippen molar-refractivity contribution < 1.29 is 12.8 Å². The number of furan rings is 1. The quantitative estimate of drug-likeness (QED) is 0.709. The van der Waals surface area contributed by atoms with Gasteiger partial charge in [-0.3, -0.25) is 0 Å². The lowest BCUT2D eigenvalue weighted by Crippen LogP contribution is -2.25. The van der Waals surface area contributed by atoms with Crippen LogP contribution in [0.15, 0.2) is 15.4 Å². The Hall–Kier alpha value is -0.850. The molecular weight excluding hydrogens is 252 g/mol. The van der Waals surface area contributed by atoms with Crippen LogP contribution in [0, 0.1) is 6.92 Å². The third kappa shape index (κ3) is 4.12. The zero-order chi connectivity index (χ0) is 13.6. The van der Waals surface area contributed by atoms with Crippen LogP contribution in [-0.4, -0.2) is 15.0 Å². The lowest BCUT2D eigenvalue weighted by molar-refractivity contribution is 0.478. The van der Waals surface area contributed by atoms with E-state index in [1.807, 2.05) is 0 Å². The molecule has 104 valence electrons. The molecule has 0 fully saturated rings. The number of hydrogen-bond donors (Lipinski definition) is 2. The smallest absolute Gasteiger partial charge is 0.244 e. The summed E-state index contributed by atoms with van der Waals surface area (Å²) in [4.78, 5) is 0.193. The summed E-state index contributed by atoms with van der Waals surface area (Å²) < 4.78 is 31.8. The van der Waals surface area contributed by atoms with Crippen molar-refractivity contribution in [2.24, 2.45) is 5.73 Å². The van der Waals surface area contributed by atoms with E-state index < -0.39 is 10.0 Å². The second-order valence-electron chi connectivity index (χ2n) is 4.30. The first-order valence-electron chi connectivity index (χ1n) is 6.30. The molecule has 0 unspecified atom stereocenters. The van der Waals surface area contributed by atoms with Gasteiger partial charge in [-0.15, -0.1) is 0 Å². The van der Waals surface area contributed by atoms with E-state index in [2.05, 4.69) is 11.6 Å². The van der Waals surface area contributed by atoms with Gasteiger partial charge >= 0.3 is 0 Å². The first-order chi connectivity index (χ1) is 8.51. The van der Waals surface area contributed by atoms with Gasteiger partial charge in [0.05, 0.1) is 6.54 Å². The van der Waals surface area contributed by atoms with Crippen molar-refractivity contribution in [3.05, 3.63) is 17.6 Å². The third-order valence-corrected chi connectivity index (χ3v) is 4.30. The average molecular weight is 274 g/mol. The Morgan fingerprint density at radius 2 is 2.06 bits per heavy atom. The van der Waals surface area contributed by atoms with Gasteiger partial charge in [-0.1, -0.05) is 26.2 Å². The molecule has 0 radical (unpaired) electrons. The van der Waals surface area contributed by atoms with Crippen LogP contribution in [0.25, 0.3) is 0 Å². The van der Waals surface area contributed by atoms with Crippen molar-refractivity contribution in [3.8, 4) is 0 Å². The minimum Gasteiger partial charge on any atom is -0.464 e. The fourth-order valence-corrected chi connectivity index (χ4v) is 3.00. The Bertz CT molecular complexity index is 466. The maximum atomic E-state index is 12.0. The van der Waals surface area contributed by atoms with Crippen molar-refractivity contribution in [1.82, 2.24) is 4.72 Å². The van der Waals surface area contributed by atoms with Gasteiger partial charge in [0.25, 0.3) is 0 Å². The fourth-order valence-electron chi connectivity index (χ4n) is 1.73. The van der Waals surface area contributed by atoms with Crippen LogP contribution < -0.4 is 10.5 Å². The predicted octanol–water partition coefficient (Wildman–Crippen LogP) is 1.91. The maximum absolute atomic E-state index is 12.0. The Labute approximate surface area is 109 Å². The highest BCUT2D eigenvalue weighted by Crippen LogP contribution is 2.19. The predicted molar refractivity (Wildman–Crippen MR) is 70.7 cm³/mol. The summed E-state index contributed by atoms with van der Waals surface area (Å²) >= 11 is 0. The van der Waals surface area contributed by atoms with E-state index in [1.54, 1.807) is 6.92 Å². The number of nitrogens with one attached hydrogen (secondary N) is 1. The number of aryl methyl sites for hydroxylation is 1. The largest absolute Gasteiger partial charge is 0.464 e. The van der Waals surface area contributed by atoms with Gasteiger partial charge in [0, 0.05) is 12.6 Å². The zero-order valence-corrected chi connectivity index (χ0v) is 11.8. The van der Waals surface area contributed by atoms with E-state index >= 15 is 0 Å². The van der Waals surface area contributed by atoms with Crippen LogP contribution in [0.1, 0.15) is 44.1 Å². The van der Waals surface area contributed by atoms with Gasteiger partial charge in [-0.25, -0.2) is 13.1 Å². The van der Waals surface area contributed by atoms with Gasteiger partial charge in [-0.2, -0.15) is 0 Å². The van der Waals surface area contributed by atoms with Gasteiger partial charge in [-0.05, 0) is 13.3 Å². The number of rotatable bonds is 8. The number of sulfonamides is 1. The summed E-state index contributed by atoms with van der Waals surface area (Å²) in [6.45, 7) is 4.41. The summed E-state index contributed by atoms with van der Waals surface area (Å²) in [5.41, 5.74) is 5.42. The molecule has 1 aromatic heterocycles. The molecule has 1 rings (SSSR count). The highest BCUT2D eigenvalue weighted by atomic mass is 32.2. The molecule has 0 saturated carbocycles. The maximum Gasteiger partial charge on any atom is 0.244 e. The standard InChI is InChI=1S/C12H22N2O3S/c1-3-4-5-6-7-14-18(15,16)12-8-11(9-13)17-10(12)2/h8,14H,3-7,9,13H2,1-2H3. The average Bonchev–Trinajstić information content (AvgIpc) is 2.71. The molecule has 0 atom stereocenters. The molecule has 0 aliphatic carbocycles. The van der Waals surface area contributed by atoms with Crippen LogP contribution in [0.2, 0.25) is 0 Å². The Kier molecular flexibility index (Phi) is 5.84. The molecule has 0 saturated heterocycles. The fraction of sp³-hybridized carbons (Fsp3) is 0.667. The molecule has 0 spiro atoms. The zero-order valence-electron chi connectivity index (χ0n) is 11.0.